The lowest BCUT2D eigenvalue weighted by Gasteiger charge is -2.12. The average Bonchev–Trinajstić information content (AvgIpc) is 3.33. The van der Waals surface area contributed by atoms with Crippen LogP contribution in [0.1, 0.15) is 0 Å². The van der Waals surface area contributed by atoms with Crippen molar-refractivity contribution in [2.45, 2.75) is 4.90 Å². The summed E-state index contributed by atoms with van der Waals surface area (Å²) in [6.45, 7) is 0. The Morgan fingerprint density at radius 2 is 1.97 bits per heavy atom. The molecular formula is C21H16ClFN8OS. The predicted octanol–water partition coefficient (Wildman–Crippen LogP) is 4.70. The number of benzene rings is 1. The van der Waals surface area contributed by atoms with E-state index >= 15 is 0 Å². The topological polar surface area (TPSA) is 102 Å². The maximum atomic E-state index is 15.0. The van der Waals surface area contributed by atoms with E-state index in [1.54, 1.807) is 48.2 Å². The van der Waals surface area contributed by atoms with Gasteiger partial charge in [0, 0.05) is 41.6 Å². The van der Waals surface area contributed by atoms with E-state index in [0.29, 0.717) is 49.9 Å². The first-order chi connectivity index (χ1) is 16.1. The molecule has 4 heterocycles. The highest BCUT2D eigenvalue weighted by molar-refractivity contribution is 8.00. The van der Waals surface area contributed by atoms with Gasteiger partial charge in [0.05, 0.1) is 17.0 Å². The molecule has 2 N–H and O–H groups in total. The van der Waals surface area contributed by atoms with Gasteiger partial charge in [-0.25, -0.2) is 14.4 Å². The quantitative estimate of drug-likeness (QED) is 0.333. The van der Waals surface area contributed by atoms with Gasteiger partial charge in [-0.05, 0) is 42.3 Å². The molecule has 0 radical (unpaired) electrons. The van der Waals surface area contributed by atoms with Crippen LogP contribution in [0.4, 0.5) is 16.0 Å². The van der Waals surface area contributed by atoms with Crippen LogP contribution < -0.4 is 14.8 Å². The van der Waals surface area contributed by atoms with E-state index in [1.165, 1.54) is 31.3 Å². The molecule has 0 amide bonds. The first kappa shape index (κ1) is 21.2. The highest BCUT2D eigenvalue weighted by atomic mass is 35.5. The van der Waals surface area contributed by atoms with Gasteiger partial charge in [0.1, 0.15) is 12.1 Å². The maximum absolute atomic E-state index is 15.0. The fraction of sp³-hybridized carbons (Fsp3) is 0.0952. The molecule has 166 valence electrons. The lowest BCUT2D eigenvalue weighted by molar-refractivity contribution is 0.387. The van der Waals surface area contributed by atoms with Crippen LogP contribution in [0, 0.1) is 5.82 Å². The minimum Gasteiger partial charge on any atom is -0.480 e. The Labute approximate surface area is 196 Å². The number of nitrogens with one attached hydrogen (secondary N) is 2. The van der Waals surface area contributed by atoms with Crippen molar-refractivity contribution in [3.8, 4) is 17.0 Å². The summed E-state index contributed by atoms with van der Waals surface area (Å²) < 4.78 is 25.1. The van der Waals surface area contributed by atoms with Crippen LogP contribution in [0.5, 0.6) is 5.88 Å². The molecule has 0 aliphatic rings. The lowest BCUT2D eigenvalue weighted by atomic mass is 10.0. The number of hydrogen-bond acceptors (Lipinski definition) is 9. The van der Waals surface area contributed by atoms with E-state index < -0.39 is 5.82 Å². The molecule has 0 bridgehead atoms. The molecule has 0 atom stereocenters. The van der Waals surface area contributed by atoms with E-state index in [0.717, 1.165) is 5.39 Å². The van der Waals surface area contributed by atoms with Gasteiger partial charge in [-0.1, -0.05) is 11.6 Å². The summed E-state index contributed by atoms with van der Waals surface area (Å²) in [6.07, 6.45) is 4.72. The van der Waals surface area contributed by atoms with Gasteiger partial charge in [0.25, 0.3) is 0 Å². The Bertz CT molecular complexity index is 1490. The molecule has 12 heteroatoms. The van der Waals surface area contributed by atoms with E-state index in [1.807, 2.05) is 0 Å². The van der Waals surface area contributed by atoms with Crippen molar-refractivity contribution in [2.24, 2.45) is 0 Å². The summed E-state index contributed by atoms with van der Waals surface area (Å²) in [5.74, 6) is 0.495. The molecular weight excluding hydrogens is 467 g/mol. The number of methoxy groups -OCH3 is 1. The molecule has 0 fully saturated rings. The largest absolute Gasteiger partial charge is 0.480 e. The van der Waals surface area contributed by atoms with Gasteiger partial charge < -0.3 is 14.8 Å². The number of pyridine rings is 2. The van der Waals surface area contributed by atoms with Gasteiger partial charge in [0.2, 0.25) is 11.8 Å². The fourth-order valence-electron chi connectivity index (χ4n) is 3.33. The van der Waals surface area contributed by atoms with Crippen molar-refractivity contribution in [1.29, 1.82) is 0 Å². The molecule has 0 spiro atoms. The van der Waals surface area contributed by atoms with Gasteiger partial charge in [-0.15, -0.1) is 10.2 Å². The van der Waals surface area contributed by atoms with E-state index in [9.17, 15) is 4.39 Å². The normalized spacial score (nSPS) is 11.2. The SMILES string of the molecule is CNc1ncc2cc(-c3cc(NSc4cc(Cl)cnc4OC)ccc3F)c3nncn3c2n1. The summed E-state index contributed by atoms with van der Waals surface area (Å²) in [4.78, 5) is 13.6. The predicted molar refractivity (Wildman–Crippen MR) is 126 cm³/mol. The van der Waals surface area contributed by atoms with Gasteiger partial charge in [-0.2, -0.15) is 4.98 Å². The van der Waals surface area contributed by atoms with E-state index in [4.69, 9.17) is 16.3 Å². The molecule has 4 aromatic heterocycles. The Morgan fingerprint density at radius 3 is 2.79 bits per heavy atom. The van der Waals surface area contributed by atoms with Crippen molar-refractivity contribution in [3.63, 3.8) is 0 Å². The molecule has 0 unspecified atom stereocenters. The van der Waals surface area contributed by atoms with Crippen LogP contribution in [-0.4, -0.2) is 43.7 Å². The fourth-order valence-corrected chi connectivity index (χ4v) is 4.32. The molecule has 5 aromatic rings. The van der Waals surface area contributed by atoms with Crippen molar-refractivity contribution in [1.82, 2.24) is 29.5 Å². The van der Waals surface area contributed by atoms with Gasteiger partial charge in [-0.3, -0.25) is 4.40 Å². The smallest absolute Gasteiger partial charge is 0.228 e. The second-order valence-electron chi connectivity index (χ2n) is 6.86. The van der Waals surface area contributed by atoms with E-state index in [2.05, 4.69) is 35.2 Å². The summed E-state index contributed by atoms with van der Waals surface area (Å²) >= 11 is 7.31. The molecule has 0 aliphatic heterocycles. The molecule has 1 aromatic carbocycles. The molecule has 0 aliphatic carbocycles. The van der Waals surface area contributed by atoms with Crippen molar-refractivity contribution < 1.29 is 9.13 Å². The Hall–Kier alpha value is -3.70. The van der Waals surface area contributed by atoms with Crippen molar-refractivity contribution in [3.05, 3.63) is 59.9 Å². The number of fused-ring (bicyclic) bond motifs is 3. The zero-order valence-electron chi connectivity index (χ0n) is 17.4. The van der Waals surface area contributed by atoms with Crippen LogP contribution in [0.25, 0.3) is 27.8 Å². The number of aromatic nitrogens is 6. The van der Waals surface area contributed by atoms with Gasteiger partial charge in [0.15, 0.2) is 11.3 Å². The van der Waals surface area contributed by atoms with Crippen LogP contribution in [0.3, 0.4) is 0 Å². The number of ether oxygens (including phenoxy) is 1. The second kappa shape index (κ2) is 8.68. The minimum atomic E-state index is -0.399. The molecule has 33 heavy (non-hydrogen) atoms. The van der Waals surface area contributed by atoms with Crippen LogP contribution in [0.15, 0.2) is 53.9 Å². The summed E-state index contributed by atoms with van der Waals surface area (Å²) in [5, 5.41) is 12.3. The van der Waals surface area contributed by atoms with E-state index in [-0.39, 0.29) is 0 Å². The monoisotopic (exact) mass is 482 g/mol. The number of anilines is 2. The first-order valence-corrected chi connectivity index (χ1v) is 10.9. The number of rotatable bonds is 6. The molecule has 5 rings (SSSR count). The summed E-state index contributed by atoms with van der Waals surface area (Å²) in [6, 6.07) is 8.27. The number of hydrogen-bond donors (Lipinski definition) is 2. The third-order valence-electron chi connectivity index (χ3n) is 4.85. The third kappa shape index (κ3) is 3.96. The Balaban J connectivity index is 1.56. The lowest BCUT2D eigenvalue weighted by Crippen LogP contribution is -2.01. The molecule has 9 nitrogen and oxygen atoms in total. The highest BCUT2D eigenvalue weighted by Crippen LogP contribution is 2.34. The maximum Gasteiger partial charge on any atom is 0.228 e. The van der Waals surface area contributed by atoms with Crippen molar-refractivity contribution in [2.75, 3.05) is 24.2 Å². The number of nitrogens with zero attached hydrogens (tertiary/aromatic N) is 6. The minimum absolute atomic E-state index is 0.356. The standard InChI is InChI=1S/C21H16ClFN8OS/c1-24-21-26-8-11-5-15(19-29-27-10-31(19)18(11)28-21)14-7-13(3-4-16(14)23)30-33-17-6-12(22)9-25-20(17)32-2/h3-10,30H,1-2H3,(H,24,26,28). The van der Waals surface area contributed by atoms with Crippen LogP contribution in [0.2, 0.25) is 5.02 Å². The highest BCUT2D eigenvalue weighted by Gasteiger charge is 2.16. The Kier molecular flexibility index (Phi) is 5.56. The number of halogens is 2. The third-order valence-corrected chi connectivity index (χ3v) is 5.91. The Morgan fingerprint density at radius 1 is 1.09 bits per heavy atom. The molecule has 0 saturated carbocycles. The zero-order chi connectivity index (χ0) is 22.9. The summed E-state index contributed by atoms with van der Waals surface area (Å²) in [5.41, 5.74) is 2.68. The van der Waals surface area contributed by atoms with Crippen molar-refractivity contribution >= 4 is 51.9 Å². The second-order valence-corrected chi connectivity index (χ2v) is 8.15. The average molecular weight is 483 g/mol. The summed E-state index contributed by atoms with van der Waals surface area (Å²) in [7, 11) is 3.27. The zero-order valence-corrected chi connectivity index (χ0v) is 18.9. The van der Waals surface area contributed by atoms with Crippen LogP contribution >= 0.6 is 23.5 Å². The van der Waals surface area contributed by atoms with Crippen LogP contribution in [-0.2, 0) is 0 Å². The molecule has 0 saturated heterocycles. The first-order valence-electron chi connectivity index (χ1n) is 9.67. The van der Waals surface area contributed by atoms with Gasteiger partial charge >= 0.3 is 0 Å².